The maximum absolute atomic E-state index is 14.0. The lowest BCUT2D eigenvalue weighted by Gasteiger charge is -2.45. The van der Waals surface area contributed by atoms with Gasteiger partial charge in [-0.1, -0.05) is 66.9 Å². The molecular formula is C31H38N2O3S. The van der Waals surface area contributed by atoms with Gasteiger partial charge in [0, 0.05) is 31.2 Å². The van der Waals surface area contributed by atoms with E-state index < -0.39 is 10.0 Å². The van der Waals surface area contributed by atoms with Gasteiger partial charge in [0.25, 0.3) is 10.0 Å². The molecule has 5 rings (SSSR count). The van der Waals surface area contributed by atoms with E-state index in [4.69, 9.17) is 4.74 Å². The number of hydrogen-bond donors (Lipinski definition) is 0. The molecule has 1 saturated carbocycles. The van der Waals surface area contributed by atoms with E-state index in [9.17, 15) is 8.42 Å². The van der Waals surface area contributed by atoms with Gasteiger partial charge in [0.05, 0.1) is 17.7 Å². The highest BCUT2D eigenvalue weighted by Crippen LogP contribution is 2.39. The van der Waals surface area contributed by atoms with Gasteiger partial charge in [-0.25, -0.2) is 8.42 Å². The maximum Gasteiger partial charge on any atom is 0.264 e. The molecular weight excluding hydrogens is 480 g/mol. The Labute approximate surface area is 222 Å². The highest BCUT2D eigenvalue weighted by atomic mass is 32.2. The smallest absolute Gasteiger partial charge is 0.264 e. The van der Waals surface area contributed by atoms with Crippen LogP contribution in [0.1, 0.15) is 55.6 Å². The molecule has 0 amide bonds. The third kappa shape index (κ3) is 5.55. The molecule has 2 atom stereocenters. The second-order valence-electron chi connectivity index (χ2n) is 10.5. The van der Waals surface area contributed by atoms with E-state index in [1.807, 2.05) is 43.3 Å². The molecule has 2 unspecified atom stereocenters. The standard InChI is InChI=1S/C31H38N2O3S/c1-24-15-17-29(18-16-24)37(34,35)33(27-11-8-12-28(23-27)36-2)26-19-21-32(22-20-26)31-14-7-6-13-30(31)25-9-4-3-5-10-25/h3-5,8-12,15-18,23,26,30-31H,6-7,13-14,19-22H2,1-2H3. The number of methoxy groups -OCH3 is 1. The largest absolute Gasteiger partial charge is 0.497 e. The molecule has 3 aromatic carbocycles. The van der Waals surface area contributed by atoms with E-state index in [1.54, 1.807) is 23.5 Å². The minimum Gasteiger partial charge on any atom is -0.497 e. The van der Waals surface area contributed by atoms with Crippen molar-refractivity contribution >= 4 is 15.7 Å². The van der Waals surface area contributed by atoms with Crippen LogP contribution in [0.25, 0.3) is 0 Å². The van der Waals surface area contributed by atoms with Gasteiger partial charge in [-0.2, -0.15) is 0 Å². The van der Waals surface area contributed by atoms with E-state index >= 15 is 0 Å². The van der Waals surface area contributed by atoms with Crippen molar-refractivity contribution in [2.45, 2.75) is 68.3 Å². The van der Waals surface area contributed by atoms with Crippen molar-refractivity contribution < 1.29 is 13.2 Å². The number of nitrogens with zero attached hydrogens (tertiary/aromatic N) is 2. The van der Waals surface area contributed by atoms with Gasteiger partial charge in [0.15, 0.2) is 0 Å². The Balaban J connectivity index is 1.40. The van der Waals surface area contributed by atoms with Crippen LogP contribution in [0.15, 0.2) is 83.8 Å². The van der Waals surface area contributed by atoms with Crippen molar-refractivity contribution in [1.29, 1.82) is 0 Å². The molecule has 0 bridgehead atoms. The van der Waals surface area contributed by atoms with Crippen LogP contribution in [0.3, 0.4) is 0 Å². The average Bonchev–Trinajstić information content (AvgIpc) is 2.94. The number of likely N-dealkylation sites (tertiary alicyclic amines) is 1. The molecule has 0 radical (unpaired) electrons. The monoisotopic (exact) mass is 518 g/mol. The number of hydrogen-bond acceptors (Lipinski definition) is 4. The number of benzene rings is 3. The summed E-state index contributed by atoms with van der Waals surface area (Å²) in [6.45, 7) is 3.78. The minimum absolute atomic E-state index is 0.103. The van der Waals surface area contributed by atoms with Gasteiger partial charge < -0.3 is 4.74 Å². The number of piperidine rings is 1. The SMILES string of the molecule is COc1cccc(N(C2CCN(C3CCCCC3c3ccccc3)CC2)S(=O)(=O)c2ccc(C)cc2)c1. The fourth-order valence-electron chi connectivity index (χ4n) is 6.21. The predicted molar refractivity (Wildman–Crippen MR) is 150 cm³/mol. The Kier molecular flexibility index (Phi) is 7.87. The van der Waals surface area contributed by atoms with Crippen molar-refractivity contribution in [2.24, 2.45) is 0 Å². The molecule has 0 spiro atoms. The summed E-state index contributed by atoms with van der Waals surface area (Å²) in [5.74, 6) is 1.21. The molecule has 0 N–H and O–H groups in total. The summed E-state index contributed by atoms with van der Waals surface area (Å²) in [6, 6.07) is 26.0. The Morgan fingerprint density at radius 3 is 2.24 bits per heavy atom. The van der Waals surface area contributed by atoms with Gasteiger partial charge in [-0.15, -0.1) is 0 Å². The fraction of sp³-hybridized carbons (Fsp3) is 0.419. The summed E-state index contributed by atoms with van der Waals surface area (Å²) in [6.07, 6.45) is 6.61. The van der Waals surface area contributed by atoms with Gasteiger partial charge in [0.1, 0.15) is 5.75 Å². The van der Waals surface area contributed by atoms with Crippen molar-refractivity contribution in [2.75, 3.05) is 24.5 Å². The number of anilines is 1. The Morgan fingerprint density at radius 2 is 1.54 bits per heavy atom. The van der Waals surface area contributed by atoms with Crippen LogP contribution in [-0.2, 0) is 10.0 Å². The van der Waals surface area contributed by atoms with Gasteiger partial charge in [0.2, 0.25) is 0 Å². The third-order valence-electron chi connectivity index (χ3n) is 8.14. The average molecular weight is 519 g/mol. The summed E-state index contributed by atoms with van der Waals surface area (Å²) in [5, 5.41) is 0. The first-order valence-electron chi connectivity index (χ1n) is 13.5. The van der Waals surface area contributed by atoms with Crippen LogP contribution in [0.2, 0.25) is 0 Å². The Bertz CT molecular complexity index is 1270. The van der Waals surface area contributed by atoms with Crippen LogP contribution < -0.4 is 9.04 Å². The molecule has 6 heteroatoms. The summed E-state index contributed by atoms with van der Waals surface area (Å²) >= 11 is 0. The first kappa shape index (κ1) is 25.8. The molecule has 1 saturated heterocycles. The van der Waals surface area contributed by atoms with Crippen molar-refractivity contribution in [3.05, 3.63) is 90.0 Å². The van der Waals surface area contributed by atoms with E-state index in [2.05, 4.69) is 35.2 Å². The van der Waals surface area contributed by atoms with Crippen LogP contribution in [0.4, 0.5) is 5.69 Å². The van der Waals surface area contributed by atoms with Crippen LogP contribution in [-0.4, -0.2) is 45.6 Å². The zero-order valence-electron chi connectivity index (χ0n) is 21.9. The molecule has 37 heavy (non-hydrogen) atoms. The van der Waals surface area contributed by atoms with Gasteiger partial charge >= 0.3 is 0 Å². The molecule has 5 nitrogen and oxygen atoms in total. The summed E-state index contributed by atoms with van der Waals surface area (Å²) in [4.78, 5) is 2.97. The van der Waals surface area contributed by atoms with Crippen molar-refractivity contribution in [3.8, 4) is 5.75 Å². The maximum atomic E-state index is 14.0. The van der Waals surface area contributed by atoms with Crippen molar-refractivity contribution in [3.63, 3.8) is 0 Å². The molecule has 1 heterocycles. The zero-order valence-corrected chi connectivity index (χ0v) is 22.7. The highest BCUT2D eigenvalue weighted by Gasteiger charge is 2.38. The van der Waals surface area contributed by atoms with Crippen LogP contribution in [0.5, 0.6) is 5.75 Å². The predicted octanol–water partition coefficient (Wildman–Crippen LogP) is 6.39. The van der Waals surface area contributed by atoms with Gasteiger partial charge in [-0.3, -0.25) is 9.21 Å². The van der Waals surface area contributed by atoms with E-state index in [1.165, 1.54) is 31.2 Å². The summed E-state index contributed by atoms with van der Waals surface area (Å²) in [7, 11) is -2.12. The van der Waals surface area contributed by atoms with Crippen molar-refractivity contribution in [1.82, 2.24) is 4.90 Å². The zero-order chi connectivity index (χ0) is 25.8. The van der Waals surface area contributed by atoms with Crippen LogP contribution >= 0.6 is 0 Å². The number of sulfonamides is 1. The lowest BCUT2D eigenvalue weighted by molar-refractivity contribution is 0.107. The third-order valence-corrected chi connectivity index (χ3v) is 10.0. The molecule has 3 aromatic rings. The molecule has 1 aliphatic heterocycles. The lowest BCUT2D eigenvalue weighted by Crippen LogP contribution is -2.51. The first-order valence-corrected chi connectivity index (χ1v) is 15.0. The van der Waals surface area contributed by atoms with E-state index in [0.29, 0.717) is 28.3 Å². The summed E-state index contributed by atoms with van der Waals surface area (Å²) in [5.41, 5.74) is 3.15. The first-order chi connectivity index (χ1) is 18.0. The normalized spacial score (nSPS) is 21.5. The molecule has 1 aliphatic carbocycles. The molecule has 196 valence electrons. The Morgan fingerprint density at radius 1 is 0.838 bits per heavy atom. The number of ether oxygens (including phenoxy) is 1. The summed E-state index contributed by atoms with van der Waals surface area (Å²) < 4.78 is 35.2. The highest BCUT2D eigenvalue weighted by molar-refractivity contribution is 7.92. The second kappa shape index (κ2) is 11.3. The molecule has 0 aromatic heterocycles. The van der Waals surface area contributed by atoms with Gasteiger partial charge in [-0.05, 0) is 68.4 Å². The Hall–Kier alpha value is -2.83. The number of rotatable bonds is 7. The fourth-order valence-corrected chi connectivity index (χ4v) is 7.91. The minimum atomic E-state index is -3.73. The van der Waals surface area contributed by atoms with Crippen LogP contribution in [0, 0.1) is 6.92 Å². The second-order valence-corrected chi connectivity index (χ2v) is 12.3. The van der Waals surface area contributed by atoms with E-state index in [0.717, 1.165) is 31.5 Å². The topological polar surface area (TPSA) is 49.9 Å². The molecule has 2 aliphatic rings. The quantitative estimate of drug-likeness (QED) is 0.364. The van der Waals surface area contributed by atoms with E-state index in [-0.39, 0.29) is 6.04 Å². The number of aryl methyl sites for hydroxylation is 1. The molecule has 2 fully saturated rings. The lowest BCUT2D eigenvalue weighted by atomic mass is 9.78.